The fourth-order valence-electron chi connectivity index (χ4n) is 9.86. The highest BCUT2D eigenvalue weighted by molar-refractivity contribution is 5.97. The van der Waals surface area contributed by atoms with Crippen molar-refractivity contribution in [1.29, 1.82) is 0 Å². The molecule has 0 amide bonds. The van der Waals surface area contributed by atoms with Crippen LogP contribution in [0.3, 0.4) is 0 Å². The topological polar surface area (TPSA) is 25.8 Å². The van der Waals surface area contributed by atoms with E-state index in [0.717, 1.165) is 28.1 Å². The van der Waals surface area contributed by atoms with Crippen molar-refractivity contribution in [1.82, 2.24) is 9.97 Å². The lowest BCUT2D eigenvalue weighted by Crippen LogP contribution is -2.25. The van der Waals surface area contributed by atoms with E-state index >= 15 is 0 Å². The SMILES string of the molecule is CC1(C)c2c(-c3ccc(-c4nc(-c5ccc(-c6ccc(-c7ccccc7)cc6)cc5)cc(-c5ccc(-c6cccc7ccccc67)cc5)n4)cc3)cccc2C2C=CC=CC21. The molecule has 11 rings (SSSR count). The van der Waals surface area contributed by atoms with E-state index in [4.69, 9.17) is 9.97 Å². The van der Waals surface area contributed by atoms with Crippen molar-refractivity contribution in [3.8, 4) is 78.4 Å². The van der Waals surface area contributed by atoms with Gasteiger partial charge in [-0.05, 0) is 83.8 Å². The lowest BCUT2D eigenvalue weighted by molar-refractivity contribution is 0.395. The molecule has 61 heavy (non-hydrogen) atoms. The van der Waals surface area contributed by atoms with Gasteiger partial charge in [-0.1, -0.05) is 226 Å². The molecule has 0 saturated heterocycles. The maximum absolute atomic E-state index is 5.26. The van der Waals surface area contributed by atoms with Gasteiger partial charge in [0.05, 0.1) is 11.4 Å². The Morgan fingerprint density at radius 1 is 0.393 bits per heavy atom. The van der Waals surface area contributed by atoms with Crippen molar-refractivity contribution < 1.29 is 0 Å². The van der Waals surface area contributed by atoms with Crippen LogP contribution in [0.25, 0.3) is 89.2 Å². The third-order valence-electron chi connectivity index (χ3n) is 13.0. The summed E-state index contributed by atoms with van der Waals surface area (Å²) < 4.78 is 0. The van der Waals surface area contributed by atoms with Gasteiger partial charge in [0.2, 0.25) is 0 Å². The zero-order valence-electron chi connectivity index (χ0n) is 34.3. The zero-order chi connectivity index (χ0) is 40.9. The van der Waals surface area contributed by atoms with Gasteiger partial charge in [-0.2, -0.15) is 0 Å². The van der Waals surface area contributed by atoms with E-state index in [1.54, 1.807) is 0 Å². The summed E-state index contributed by atoms with van der Waals surface area (Å²) in [6.07, 6.45) is 9.19. The molecule has 0 spiro atoms. The first kappa shape index (κ1) is 36.6. The highest BCUT2D eigenvalue weighted by Crippen LogP contribution is 2.55. The fourth-order valence-corrected chi connectivity index (χ4v) is 9.86. The van der Waals surface area contributed by atoms with Crippen LogP contribution in [0.2, 0.25) is 0 Å². The Bertz CT molecular complexity index is 3110. The van der Waals surface area contributed by atoms with Crippen LogP contribution < -0.4 is 0 Å². The Morgan fingerprint density at radius 2 is 0.869 bits per heavy atom. The van der Waals surface area contributed by atoms with Crippen molar-refractivity contribution in [3.63, 3.8) is 0 Å². The van der Waals surface area contributed by atoms with Crippen molar-refractivity contribution in [3.05, 3.63) is 230 Å². The predicted octanol–water partition coefficient (Wildman–Crippen LogP) is 15.4. The normalized spacial score (nSPS) is 16.0. The average Bonchev–Trinajstić information content (AvgIpc) is 3.57. The van der Waals surface area contributed by atoms with Gasteiger partial charge >= 0.3 is 0 Å². The number of nitrogens with zero attached hydrogens (tertiary/aromatic N) is 2. The molecule has 0 N–H and O–H groups in total. The first-order valence-electron chi connectivity index (χ1n) is 21.3. The minimum Gasteiger partial charge on any atom is -0.228 e. The van der Waals surface area contributed by atoms with Gasteiger partial charge in [-0.15, -0.1) is 0 Å². The van der Waals surface area contributed by atoms with Gasteiger partial charge in [0.15, 0.2) is 5.82 Å². The van der Waals surface area contributed by atoms with Crippen molar-refractivity contribution in [2.45, 2.75) is 25.2 Å². The lowest BCUT2D eigenvalue weighted by Gasteiger charge is -2.30. The summed E-state index contributed by atoms with van der Waals surface area (Å²) in [5, 5.41) is 2.49. The summed E-state index contributed by atoms with van der Waals surface area (Å²) in [5.74, 6) is 1.58. The number of aromatic nitrogens is 2. The summed E-state index contributed by atoms with van der Waals surface area (Å²) in [6, 6.07) is 69.9. The third-order valence-corrected chi connectivity index (χ3v) is 13.0. The van der Waals surface area contributed by atoms with Crippen molar-refractivity contribution in [2.75, 3.05) is 0 Å². The second-order valence-electron chi connectivity index (χ2n) is 17.0. The fraction of sp³-hybridized carbons (Fsp3) is 0.0847. The standard InChI is InChI=1S/C59H44N2/c1-59(2)54-21-9-8-17-52(54)53-20-11-19-51(57(53)59)45-30-36-48(37-31-45)58-60-55(46-32-26-42(27-33-46)41-24-22-40(23-25-41)39-12-4-3-5-13-39)38-56(61-58)47-34-28-44(29-35-47)50-18-10-15-43-14-6-7-16-49(43)50/h3-38,52,54H,1-2H3. The summed E-state index contributed by atoms with van der Waals surface area (Å²) in [4.78, 5) is 10.5. The maximum Gasteiger partial charge on any atom is 0.160 e. The molecule has 2 unspecified atom stereocenters. The van der Waals surface area contributed by atoms with Crippen LogP contribution in [-0.2, 0) is 5.41 Å². The average molecular weight is 781 g/mol. The van der Waals surface area contributed by atoms with Crippen molar-refractivity contribution in [2.24, 2.45) is 5.92 Å². The number of fused-ring (bicyclic) bond motifs is 4. The molecule has 2 aliphatic rings. The number of allylic oxidation sites excluding steroid dienone is 4. The van der Waals surface area contributed by atoms with Crippen LogP contribution >= 0.6 is 0 Å². The second-order valence-corrected chi connectivity index (χ2v) is 17.0. The molecule has 2 nitrogen and oxygen atoms in total. The first-order valence-corrected chi connectivity index (χ1v) is 21.3. The molecule has 0 fully saturated rings. The Kier molecular flexibility index (Phi) is 9.01. The number of hydrogen-bond donors (Lipinski definition) is 0. The largest absolute Gasteiger partial charge is 0.228 e. The van der Waals surface area contributed by atoms with Crippen LogP contribution in [0.15, 0.2) is 218 Å². The molecule has 2 heteroatoms. The minimum absolute atomic E-state index is 0.0210. The number of rotatable bonds is 7. The molecule has 0 bridgehead atoms. The molecule has 0 aliphatic heterocycles. The Hall–Kier alpha value is -7.42. The van der Waals surface area contributed by atoms with E-state index in [0.29, 0.717) is 17.7 Å². The Balaban J connectivity index is 0.960. The molecule has 2 aliphatic carbocycles. The second kappa shape index (κ2) is 15.0. The molecule has 0 saturated carbocycles. The lowest BCUT2D eigenvalue weighted by atomic mass is 9.73. The van der Waals surface area contributed by atoms with E-state index in [-0.39, 0.29) is 5.41 Å². The monoisotopic (exact) mass is 780 g/mol. The molecule has 1 heterocycles. The summed E-state index contributed by atoms with van der Waals surface area (Å²) in [7, 11) is 0. The molecule has 8 aromatic carbocycles. The smallest absolute Gasteiger partial charge is 0.160 e. The first-order chi connectivity index (χ1) is 30.0. The summed E-state index contributed by atoms with van der Waals surface area (Å²) in [5.41, 5.74) is 17.5. The molecule has 1 aromatic heterocycles. The Morgan fingerprint density at radius 3 is 1.52 bits per heavy atom. The highest BCUT2D eigenvalue weighted by atomic mass is 14.9. The van der Waals surface area contributed by atoms with Crippen LogP contribution in [0, 0.1) is 5.92 Å². The van der Waals surface area contributed by atoms with Crippen LogP contribution in [0.5, 0.6) is 0 Å². The van der Waals surface area contributed by atoms with E-state index in [2.05, 4.69) is 232 Å². The molecular weight excluding hydrogens is 737 g/mol. The van der Waals surface area contributed by atoms with Gasteiger partial charge in [0, 0.05) is 22.6 Å². The van der Waals surface area contributed by atoms with Crippen LogP contribution in [0.1, 0.15) is 30.9 Å². The molecule has 2 atom stereocenters. The quantitative estimate of drug-likeness (QED) is 0.161. The van der Waals surface area contributed by atoms with Gasteiger partial charge in [-0.3, -0.25) is 0 Å². The molecule has 290 valence electrons. The number of benzene rings is 8. The van der Waals surface area contributed by atoms with E-state index in [1.807, 2.05) is 0 Å². The van der Waals surface area contributed by atoms with Gasteiger partial charge in [0.25, 0.3) is 0 Å². The summed E-state index contributed by atoms with van der Waals surface area (Å²) in [6.45, 7) is 4.81. The summed E-state index contributed by atoms with van der Waals surface area (Å²) >= 11 is 0. The van der Waals surface area contributed by atoms with Gasteiger partial charge < -0.3 is 0 Å². The van der Waals surface area contributed by atoms with Crippen LogP contribution in [0.4, 0.5) is 0 Å². The molecule has 0 radical (unpaired) electrons. The predicted molar refractivity (Wildman–Crippen MR) is 255 cm³/mol. The molecular formula is C59H44N2. The maximum atomic E-state index is 5.26. The minimum atomic E-state index is 0.0210. The van der Waals surface area contributed by atoms with E-state index in [9.17, 15) is 0 Å². The van der Waals surface area contributed by atoms with Crippen molar-refractivity contribution >= 4 is 10.8 Å². The third kappa shape index (κ3) is 6.62. The Labute approximate surface area is 358 Å². The highest BCUT2D eigenvalue weighted by Gasteiger charge is 2.45. The van der Waals surface area contributed by atoms with Gasteiger partial charge in [0.1, 0.15) is 0 Å². The van der Waals surface area contributed by atoms with E-state index in [1.165, 1.54) is 66.4 Å². The molecule has 9 aromatic rings. The number of hydrogen-bond acceptors (Lipinski definition) is 2. The van der Waals surface area contributed by atoms with E-state index < -0.39 is 0 Å². The van der Waals surface area contributed by atoms with Gasteiger partial charge in [-0.25, -0.2) is 9.97 Å². The zero-order valence-corrected chi connectivity index (χ0v) is 34.3. The van der Waals surface area contributed by atoms with Crippen LogP contribution in [-0.4, -0.2) is 9.97 Å².